The molecule has 4 amide bonds. The third-order valence-corrected chi connectivity index (χ3v) is 12.0. The molecule has 6 rings (SSSR count). The Bertz CT molecular complexity index is 1850. The molecule has 3 fully saturated rings. The number of carbonyl (C=O) groups is 4. The molecule has 16 heteroatoms. The predicted octanol–water partition coefficient (Wildman–Crippen LogP) is 3.71. The summed E-state index contributed by atoms with van der Waals surface area (Å²) in [5.41, 5.74) is -0.596. The van der Waals surface area contributed by atoms with Gasteiger partial charge in [-0.1, -0.05) is 50.0 Å². The highest BCUT2D eigenvalue weighted by atomic mass is 32.2. The number of amides is 4. The molecular weight excluding hydrogens is 703 g/mol. The van der Waals surface area contributed by atoms with Crippen LogP contribution in [0.25, 0.3) is 11.0 Å². The van der Waals surface area contributed by atoms with Gasteiger partial charge in [-0.3, -0.25) is 19.0 Å². The van der Waals surface area contributed by atoms with Crippen molar-refractivity contribution in [3.8, 4) is 6.01 Å². The molecule has 0 radical (unpaired) electrons. The highest BCUT2D eigenvalue weighted by Gasteiger charge is 2.62. The molecule has 2 aromatic rings. The van der Waals surface area contributed by atoms with Crippen molar-refractivity contribution in [2.45, 2.75) is 127 Å². The number of imidazole rings is 1. The Kier molecular flexibility index (Phi) is 11.1. The molecule has 0 spiro atoms. The summed E-state index contributed by atoms with van der Waals surface area (Å²) in [5.74, 6) is -2.38. The topological polar surface area (TPSA) is 181 Å². The molecule has 0 bridgehead atoms. The Morgan fingerprint density at radius 2 is 1.75 bits per heavy atom. The average Bonchev–Trinajstić information content (AvgIpc) is 3.45. The van der Waals surface area contributed by atoms with Crippen LogP contribution in [0.4, 0.5) is 4.79 Å². The fourth-order valence-corrected chi connectivity index (χ4v) is 8.28. The molecular formula is C37H53N7O8S. The molecule has 2 aliphatic heterocycles. The number of aromatic nitrogens is 2. The van der Waals surface area contributed by atoms with Crippen LogP contribution in [0.5, 0.6) is 6.01 Å². The van der Waals surface area contributed by atoms with Crippen LogP contribution in [0.3, 0.4) is 0 Å². The molecule has 290 valence electrons. The molecule has 0 unspecified atom stereocenters. The van der Waals surface area contributed by atoms with E-state index >= 15 is 0 Å². The van der Waals surface area contributed by atoms with E-state index in [0.29, 0.717) is 25.3 Å². The second-order valence-electron chi connectivity index (χ2n) is 15.9. The van der Waals surface area contributed by atoms with Crippen LogP contribution >= 0.6 is 0 Å². The summed E-state index contributed by atoms with van der Waals surface area (Å²) in [7, 11) is -1.55. The van der Waals surface area contributed by atoms with Crippen molar-refractivity contribution in [2.75, 3.05) is 20.6 Å². The van der Waals surface area contributed by atoms with Gasteiger partial charge in [-0.05, 0) is 71.4 Å². The number of ether oxygens (including phenoxy) is 2. The Labute approximate surface area is 311 Å². The van der Waals surface area contributed by atoms with E-state index in [-0.39, 0.29) is 25.4 Å². The Hall–Kier alpha value is -4.18. The number of hydrogen-bond acceptors (Lipinski definition) is 9. The maximum Gasteiger partial charge on any atom is 0.408 e. The molecule has 53 heavy (non-hydrogen) atoms. The number of fused-ring (bicyclic) bond motifs is 3. The fraction of sp³-hybridized carbons (Fsp3) is 0.649. The molecule has 3 heterocycles. The zero-order valence-corrected chi connectivity index (χ0v) is 32.1. The number of hydrogen-bond donors (Lipinski definition) is 3. The van der Waals surface area contributed by atoms with E-state index in [9.17, 15) is 27.6 Å². The zero-order valence-electron chi connectivity index (χ0n) is 31.3. The second kappa shape index (κ2) is 15.3. The third kappa shape index (κ3) is 8.64. The largest absolute Gasteiger partial charge is 0.459 e. The van der Waals surface area contributed by atoms with Gasteiger partial charge in [-0.2, -0.15) is 17.7 Å². The summed E-state index contributed by atoms with van der Waals surface area (Å²) < 4.78 is 42.7. The molecule has 1 aromatic heterocycles. The van der Waals surface area contributed by atoms with E-state index in [1.165, 1.54) is 19.0 Å². The zero-order chi connectivity index (χ0) is 38.1. The summed E-state index contributed by atoms with van der Waals surface area (Å²) in [6.45, 7) is 5.23. The van der Waals surface area contributed by atoms with Gasteiger partial charge in [0.25, 0.3) is 11.9 Å². The number of carbonyl (C=O) groups excluding carboxylic acids is 4. The fourth-order valence-electron chi connectivity index (χ4n) is 7.68. The highest BCUT2D eigenvalue weighted by Crippen LogP contribution is 2.46. The molecule has 3 N–H and O–H groups in total. The van der Waals surface area contributed by atoms with Gasteiger partial charge in [-0.15, -0.1) is 0 Å². The van der Waals surface area contributed by atoms with Gasteiger partial charge in [-0.25, -0.2) is 9.52 Å². The van der Waals surface area contributed by atoms with Gasteiger partial charge in [0.05, 0.1) is 17.6 Å². The lowest BCUT2D eigenvalue weighted by atomic mass is 10.0. The summed E-state index contributed by atoms with van der Waals surface area (Å²) in [6, 6.07) is 6.36. The number of para-hydroxylation sites is 2. The van der Waals surface area contributed by atoms with Crippen molar-refractivity contribution in [3.05, 3.63) is 36.4 Å². The number of allylic oxidation sites excluding steroid dienone is 1. The van der Waals surface area contributed by atoms with E-state index in [1.54, 1.807) is 20.8 Å². The first-order valence-corrected chi connectivity index (χ1v) is 20.2. The molecule has 2 saturated carbocycles. The average molecular weight is 756 g/mol. The molecule has 1 saturated heterocycles. The Balaban J connectivity index is 1.33. The minimum atomic E-state index is -4.15. The Morgan fingerprint density at radius 1 is 1.04 bits per heavy atom. The van der Waals surface area contributed by atoms with Crippen LogP contribution < -0.4 is 20.1 Å². The number of nitrogens with zero attached hydrogens (tertiary/aromatic N) is 4. The van der Waals surface area contributed by atoms with Crippen molar-refractivity contribution in [1.82, 2.24) is 34.1 Å². The van der Waals surface area contributed by atoms with Crippen LogP contribution in [-0.4, -0.2) is 101 Å². The summed E-state index contributed by atoms with van der Waals surface area (Å²) >= 11 is 0. The van der Waals surface area contributed by atoms with Crippen molar-refractivity contribution in [1.29, 1.82) is 0 Å². The smallest absolute Gasteiger partial charge is 0.408 e. The number of benzene rings is 1. The van der Waals surface area contributed by atoms with Crippen LogP contribution in [0, 0.1) is 5.92 Å². The molecule has 1 aromatic carbocycles. The third-order valence-electron chi connectivity index (χ3n) is 10.6. The van der Waals surface area contributed by atoms with Gasteiger partial charge < -0.3 is 25.0 Å². The van der Waals surface area contributed by atoms with Gasteiger partial charge in [0.1, 0.15) is 29.3 Å². The first-order chi connectivity index (χ1) is 25.1. The highest BCUT2D eigenvalue weighted by molar-refractivity contribution is 7.87. The maximum atomic E-state index is 14.5. The second-order valence-corrected chi connectivity index (χ2v) is 17.8. The van der Waals surface area contributed by atoms with Gasteiger partial charge >= 0.3 is 16.3 Å². The monoisotopic (exact) mass is 755 g/mol. The van der Waals surface area contributed by atoms with E-state index in [1.807, 2.05) is 36.4 Å². The van der Waals surface area contributed by atoms with Crippen LogP contribution in [0.2, 0.25) is 0 Å². The van der Waals surface area contributed by atoms with Crippen molar-refractivity contribution >= 4 is 45.1 Å². The molecule has 2 aliphatic carbocycles. The number of alkyl carbamates (subject to hydrolysis) is 1. The lowest BCUT2D eigenvalue weighted by Crippen LogP contribution is -2.58. The SMILES string of the molecule is CN(C)S(=O)(=O)NC(=O)[C@@]12C[C@H]1C=CCCCCC[C@H](NC(=O)OC(C)(C)C)C(=O)N1C[C@H](Oc3nc4ccccc4n3C3CCCC3)C[C@H]1C(=O)N2. The lowest BCUT2D eigenvalue weighted by molar-refractivity contribution is -0.141. The van der Waals surface area contributed by atoms with Crippen molar-refractivity contribution in [3.63, 3.8) is 0 Å². The Morgan fingerprint density at radius 3 is 2.47 bits per heavy atom. The number of rotatable bonds is 7. The van der Waals surface area contributed by atoms with E-state index < -0.39 is 69.3 Å². The minimum Gasteiger partial charge on any atom is -0.459 e. The van der Waals surface area contributed by atoms with Crippen LogP contribution in [0.1, 0.15) is 97.4 Å². The van der Waals surface area contributed by atoms with E-state index in [2.05, 4.69) is 19.9 Å². The molecule has 5 atom stereocenters. The predicted molar refractivity (Wildman–Crippen MR) is 197 cm³/mol. The molecule has 4 aliphatic rings. The van der Waals surface area contributed by atoms with Crippen molar-refractivity contribution in [2.24, 2.45) is 5.92 Å². The van der Waals surface area contributed by atoms with Gasteiger partial charge in [0.2, 0.25) is 11.8 Å². The normalized spacial score (nSPS) is 27.4. The van der Waals surface area contributed by atoms with Crippen LogP contribution in [0.15, 0.2) is 36.4 Å². The summed E-state index contributed by atoms with van der Waals surface area (Å²) in [4.78, 5) is 61.8. The lowest BCUT2D eigenvalue weighted by Gasteiger charge is -2.30. The van der Waals surface area contributed by atoms with E-state index in [0.717, 1.165) is 53.9 Å². The van der Waals surface area contributed by atoms with Gasteiger partial charge in [0, 0.05) is 32.5 Å². The number of nitrogens with one attached hydrogen (secondary N) is 3. The minimum absolute atomic E-state index is 0.0226. The first-order valence-electron chi connectivity index (χ1n) is 18.7. The quantitative estimate of drug-likeness (QED) is 0.355. The molecule has 15 nitrogen and oxygen atoms in total. The maximum absolute atomic E-state index is 14.5. The van der Waals surface area contributed by atoms with E-state index in [4.69, 9.17) is 14.5 Å². The first kappa shape index (κ1) is 38.5. The standard InChI is InChI=1S/C37H53N7O8S/c1-36(2,3)52-35(48)39-28-19-10-8-6-7-9-15-24-22-37(24,33(47)41-53(49,50)42(4)5)40-31(45)30-21-26(23-43(30)32(28)46)51-34-38-27-18-13-14-20-29(27)44(34)25-16-11-12-17-25/h9,13-15,18,20,24-26,28,30H,6-8,10-12,16-17,19,21-23H2,1-5H3,(H,39,48)(H,40,45)(H,41,47)/t24-,26-,28+,30+,37-/m1/s1. The summed E-state index contributed by atoms with van der Waals surface area (Å²) in [6.07, 6.45) is 10.0. The van der Waals surface area contributed by atoms with Gasteiger partial charge in [0.15, 0.2) is 0 Å². The van der Waals surface area contributed by atoms with Crippen LogP contribution in [-0.2, 0) is 29.3 Å². The van der Waals surface area contributed by atoms with Crippen molar-refractivity contribution < 1.29 is 37.1 Å². The summed E-state index contributed by atoms with van der Waals surface area (Å²) in [5, 5.41) is 5.63.